The van der Waals surface area contributed by atoms with Gasteiger partial charge in [0.1, 0.15) is 5.75 Å². The standard InChI is InChI=1S/C18H30N2O2/c1-5-20(6-2)18(21)10-8-15-7-9-17(16(19)13-15)22-12-11-14(3)4/h7,9,13-14H,5-6,8,10-12,19H2,1-4H3. The molecule has 0 spiro atoms. The number of anilines is 1. The zero-order chi connectivity index (χ0) is 16.5. The highest BCUT2D eigenvalue weighted by Crippen LogP contribution is 2.23. The number of ether oxygens (including phenoxy) is 1. The molecule has 0 atom stereocenters. The van der Waals surface area contributed by atoms with Gasteiger partial charge in [0.05, 0.1) is 12.3 Å². The quantitative estimate of drug-likeness (QED) is 0.710. The molecule has 1 aromatic carbocycles. The van der Waals surface area contributed by atoms with E-state index in [4.69, 9.17) is 10.5 Å². The van der Waals surface area contributed by atoms with Crippen LogP contribution >= 0.6 is 0 Å². The minimum Gasteiger partial charge on any atom is -0.491 e. The third kappa shape index (κ3) is 5.96. The highest BCUT2D eigenvalue weighted by Gasteiger charge is 2.10. The van der Waals surface area contributed by atoms with E-state index in [1.165, 1.54) is 0 Å². The lowest BCUT2D eigenvalue weighted by atomic mass is 10.1. The summed E-state index contributed by atoms with van der Waals surface area (Å²) in [6.07, 6.45) is 2.25. The largest absolute Gasteiger partial charge is 0.491 e. The summed E-state index contributed by atoms with van der Waals surface area (Å²) in [6, 6.07) is 5.82. The van der Waals surface area contributed by atoms with Crippen molar-refractivity contribution in [3.8, 4) is 5.75 Å². The number of benzene rings is 1. The van der Waals surface area contributed by atoms with Gasteiger partial charge in [0, 0.05) is 19.5 Å². The molecule has 0 fully saturated rings. The van der Waals surface area contributed by atoms with Crippen LogP contribution in [-0.2, 0) is 11.2 Å². The van der Waals surface area contributed by atoms with E-state index in [0.29, 0.717) is 31.1 Å². The van der Waals surface area contributed by atoms with Gasteiger partial charge >= 0.3 is 0 Å². The van der Waals surface area contributed by atoms with Crippen LogP contribution in [-0.4, -0.2) is 30.5 Å². The van der Waals surface area contributed by atoms with Crippen molar-refractivity contribution in [2.24, 2.45) is 5.92 Å². The molecule has 0 aromatic heterocycles. The molecule has 0 radical (unpaired) electrons. The molecule has 0 unspecified atom stereocenters. The number of hydrogen-bond donors (Lipinski definition) is 1. The Morgan fingerprint density at radius 2 is 1.95 bits per heavy atom. The lowest BCUT2D eigenvalue weighted by Gasteiger charge is -2.18. The van der Waals surface area contributed by atoms with Crippen molar-refractivity contribution in [1.29, 1.82) is 0 Å². The van der Waals surface area contributed by atoms with Crippen molar-refractivity contribution in [2.45, 2.75) is 47.0 Å². The van der Waals surface area contributed by atoms with Gasteiger partial charge in [-0.25, -0.2) is 0 Å². The number of hydrogen-bond acceptors (Lipinski definition) is 3. The molecular weight excluding hydrogens is 276 g/mol. The second-order valence-electron chi connectivity index (χ2n) is 5.97. The Bertz CT molecular complexity index is 468. The molecule has 0 aliphatic rings. The Balaban J connectivity index is 2.53. The third-order valence-electron chi connectivity index (χ3n) is 3.77. The van der Waals surface area contributed by atoms with Gasteiger partial charge in [-0.2, -0.15) is 0 Å². The summed E-state index contributed by atoms with van der Waals surface area (Å²) < 4.78 is 5.70. The van der Waals surface area contributed by atoms with E-state index < -0.39 is 0 Å². The average Bonchev–Trinajstić information content (AvgIpc) is 2.48. The number of amides is 1. The van der Waals surface area contributed by atoms with Crippen LogP contribution in [0.2, 0.25) is 0 Å². The SMILES string of the molecule is CCN(CC)C(=O)CCc1ccc(OCCC(C)C)c(N)c1. The van der Waals surface area contributed by atoms with Crippen LogP contribution in [0.4, 0.5) is 5.69 Å². The van der Waals surface area contributed by atoms with E-state index in [1.54, 1.807) is 0 Å². The summed E-state index contributed by atoms with van der Waals surface area (Å²) in [5.74, 6) is 1.55. The first-order chi connectivity index (χ1) is 10.5. The minimum atomic E-state index is 0.195. The number of carbonyl (C=O) groups is 1. The van der Waals surface area contributed by atoms with E-state index in [2.05, 4.69) is 13.8 Å². The fraction of sp³-hybridized carbons (Fsp3) is 0.611. The zero-order valence-corrected chi connectivity index (χ0v) is 14.4. The van der Waals surface area contributed by atoms with Crippen molar-refractivity contribution in [3.05, 3.63) is 23.8 Å². The molecule has 124 valence electrons. The lowest BCUT2D eigenvalue weighted by Crippen LogP contribution is -2.30. The molecule has 2 N–H and O–H groups in total. The van der Waals surface area contributed by atoms with E-state index in [9.17, 15) is 4.79 Å². The van der Waals surface area contributed by atoms with E-state index in [1.807, 2.05) is 36.9 Å². The first-order valence-electron chi connectivity index (χ1n) is 8.26. The van der Waals surface area contributed by atoms with Gasteiger partial charge in [0.25, 0.3) is 0 Å². The Kier molecular flexibility index (Phi) is 7.78. The van der Waals surface area contributed by atoms with Gasteiger partial charge in [-0.05, 0) is 50.3 Å². The Morgan fingerprint density at radius 1 is 1.27 bits per heavy atom. The van der Waals surface area contributed by atoms with E-state index in [-0.39, 0.29) is 5.91 Å². The highest BCUT2D eigenvalue weighted by molar-refractivity contribution is 5.76. The molecule has 4 nitrogen and oxygen atoms in total. The maximum absolute atomic E-state index is 12.0. The number of carbonyl (C=O) groups excluding carboxylic acids is 1. The van der Waals surface area contributed by atoms with E-state index in [0.717, 1.165) is 30.8 Å². The fourth-order valence-corrected chi connectivity index (χ4v) is 2.28. The molecule has 0 bridgehead atoms. The Morgan fingerprint density at radius 3 is 2.50 bits per heavy atom. The summed E-state index contributed by atoms with van der Waals surface area (Å²) in [7, 11) is 0. The summed E-state index contributed by atoms with van der Waals surface area (Å²) in [5, 5.41) is 0. The van der Waals surface area contributed by atoms with Gasteiger partial charge in [-0.3, -0.25) is 4.79 Å². The molecule has 0 heterocycles. The van der Waals surface area contributed by atoms with E-state index >= 15 is 0 Å². The normalized spacial score (nSPS) is 10.8. The third-order valence-corrected chi connectivity index (χ3v) is 3.77. The molecule has 1 rings (SSSR count). The first kappa shape index (κ1) is 18.3. The maximum atomic E-state index is 12.0. The van der Waals surface area contributed by atoms with Gasteiger partial charge in [-0.1, -0.05) is 19.9 Å². The average molecular weight is 306 g/mol. The fourth-order valence-electron chi connectivity index (χ4n) is 2.28. The summed E-state index contributed by atoms with van der Waals surface area (Å²) in [5.41, 5.74) is 7.76. The zero-order valence-electron chi connectivity index (χ0n) is 14.4. The molecule has 4 heteroatoms. The number of nitrogens with two attached hydrogens (primary N) is 1. The molecule has 1 aromatic rings. The second-order valence-corrected chi connectivity index (χ2v) is 5.97. The van der Waals surface area contributed by atoms with Crippen LogP contribution in [0.25, 0.3) is 0 Å². The number of nitrogen functional groups attached to an aromatic ring is 1. The topological polar surface area (TPSA) is 55.6 Å². The Hall–Kier alpha value is -1.71. The predicted molar refractivity (Wildman–Crippen MR) is 92.1 cm³/mol. The predicted octanol–water partition coefficient (Wildman–Crippen LogP) is 3.49. The summed E-state index contributed by atoms with van der Waals surface area (Å²) >= 11 is 0. The number of nitrogens with zero attached hydrogens (tertiary/aromatic N) is 1. The molecule has 0 aliphatic heterocycles. The van der Waals surface area contributed by atoms with Gasteiger partial charge < -0.3 is 15.4 Å². The van der Waals surface area contributed by atoms with Crippen LogP contribution in [0.5, 0.6) is 5.75 Å². The summed E-state index contributed by atoms with van der Waals surface area (Å²) in [6.45, 7) is 10.6. The van der Waals surface area contributed by atoms with Gasteiger partial charge in [0.2, 0.25) is 5.91 Å². The van der Waals surface area contributed by atoms with Gasteiger partial charge in [-0.15, -0.1) is 0 Å². The monoisotopic (exact) mass is 306 g/mol. The second kappa shape index (κ2) is 9.34. The van der Waals surface area contributed by atoms with Crippen molar-refractivity contribution >= 4 is 11.6 Å². The van der Waals surface area contributed by atoms with Crippen LogP contribution in [0.1, 0.15) is 46.1 Å². The molecular formula is C18H30N2O2. The highest BCUT2D eigenvalue weighted by atomic mass is 16.5. The molecule has 22 heavy (non-hydrogen) atoms. The van der Waals surface area contributed by atoms with Crippen LogP contribution in [0, 0.1) is 5.92 Å². The molecule has 0 saturated heterocycles. The van der Waals surface area contributed by atoms with Crippen molar-refractivity contribution in [3.63, 3.8) is 0 Å². The first-order valence-corrected chi connectivity index (χ1v) is 8.26. The van der Waals surface area contributed by atoms with Crippen LogP contribution in [0.3, 0.4) is 0 Å². The number of rotatable bonds is 9. The lowest BCUT2D eigenvalue weighted by molar-refractivity contribution is -0.130. The molecule has 1 amide bonds. The van der Waals surface area contributed by atoms with Crippen molar-refractivity contribution < 1.29 is 9.53 Å². The Labute approximate surface area is 134 Å². The van der Waals surface area contributed by atoms with Crippen molar-refractivity contribution in [2.75, 3.05) is 25.4 Å². The smallest absolute Gasteiger partial charge is 0.222 e. The van der Waals surface area contributed by atoms with Crippen LogP contribution in [0.15, 0.2) is 18.2 Å². The molecule has 0 saturated carbocycles. The summed E-state index contributed by atoms with van der Waals surface area (Å²) in [4.78, 5) is 13.9. The van der Waals surface area contributed by atoms with Crippen LogP contribution < -0.4 is 10.5 Å². The minimum absolute atomic E-state index is 0.195. The van der Waals surface area contributed by atoms with Gasteiger partial charge in [0.15, 0.2) is 0 Å². The van der Waals surface area contributed by atoms with Crippen molar-refractivity contribution in [1.82, 2.24) is 4.90 Å². The maximum Gasteiger partial charge on any atom is 0.222 e. The number of aryl methyl sites for hydroxylation is 1. The molecule has 0 aliphatic carbocycles.